The van der Waals surface area contributed by atoms with Crippen molar-refractivity contribution in [3.8, 4) is 0 Å². The summed E-state index contributed by atoms with van der Waals surface area (Å²) in [4.78, 5) is 53.8. The van der Waals surface area contributed by atoms with Crippen LogP contribution in [0.1, 0.15) is 207 Å². The zero-order valence-electron chi connectivity index (χ0n) is 61.8. The van der Waals surface area contributed by atoms with Crippen molar-refractivity contribution in [1.29, 1.82) is 0 Å². The van der Waals surface area contributed by atoms with E-state index in [4.69, 9.17) is 9.57 Å². The number of likely N-dealkylation sites (N-methyl/N-ethyl adjacent to an activating group) is 3. The van der Waals surface area contributed by atoms with Crippen molar-refractivity contribution >= 4 is 17.6 Å². The summed E-state index contributed by atoms with van der Waals surface area (Å²) in [5.74, 6) is 4.14. The van der Waals surface area contributed by atoms with E-state index in [1.165, 1.54) is 181 Å². The third kappa shape index (κ3) is 20.2. The number of likely N-dealkylation sites (tertiary alicyclic amines) is 8. The second-order valence-electron chi connectivity index (χ2n) is 34.2. The quantitative estimate of drug-likeness (QED) is 0.231. The van der Waals surface area contributed by atoms with Gasteiger partial charge in [-0.25, -0.2) is 4.79 Å². The molecule has 13 fully saturated rings. The van der Waals surface area contributed by atoms with Crippen LogP contribution in [0, 0.1) is 39.4 Å². The number of oxime groups is 1. The van der Waals surface area contributed by atoms with E-state index in [2.05, 4.69) is 128 Å². The number of carbonyl (C=O) groups is 2. The number of nitrogens with zero attached hydrogens (tertiary/aromatic N) is 12. The van der Waals surface area contributed by atoms with Crippen molar-refractivity contribution in [3.63, 3.8) is 0 Å². The maximum atomic E-state index is 11.9. The third-order valence-electron chi connectivity index (χ3n) is 26.6. The molecule has 7 spiro atoms. The minimum Gasteiger partial charge on any atom is -0.471 e. The lowest BCUT2D eigenvalue weighted by Crippen LogP contribution is -2.52. The Hall–Kier alpha value is -2.73. The van der Waals surface area contributed by atoms with Crippen LogP contribution in [0.4, 0.5) is 4.79 Å². The Labute approximate surface area is 558 Å². The Morgan fingerprint density at radius 1 is 0.385 bits per heavy atom. The summed E-state index contributed by atoms with van der Waals surface area (Å²) in [6.45, 7) is 33.3. The molecule has 0 unspecified atom stereocenters. The molecule has 0 aromatic heterocycles. The summed E-state index contributed by atoms with van der Waals surface area (Å²) in [5, 5.41) is 4.04. The molecule has 3 saturated carbocycles. The summed E-state index contributed by atoms with van der Waals surface area (Å²) >= 11 is 0. The molecular weight excluding hydrogens is 1130 g/mol. The maximum Gasteiger partial charge on any atom is 0.320 e. The first kappa shape index (κ1) is 74.1. The maximum absolute atomic E-state index is 11.9. The van der Waals surface area contributed by atoms with Gasteiger partial charge in [0.05, 0.1) is 23.2 Å². The van der Waals surface area contributed by atoms with Crippen molar-refractivity contribution < 1.29 is 19.2 Å². The standard InChI is InChI=1S/2C12H23N.C11H22N2.C11H19NO.C10H19N3O.C10H18N2O.C9H16N2O/c2*1-11-3-5-12(6-4-11)7-9-13(2)10-8-12;1-12-7-3-11(4-8-12)5-9-13(2)10-6-11;1-9-4-6-11(7-5-9)8-12(3)10(2)13-11;1-11-6-4-10(5-7-11)8-12(2)9(14)13(10)3;1-11-6-3-10(4-7-11)5-8-12(2)9(10)13;1-8-7-9(12-10-8)3-5-11(2)6-4-9/h2*11H,3-10H2,1-2H3;3-10H2,1-2H3;9H,2,4-8H2,1,3H3;4-8H2,1-3H3;3-8H2,1-2H3;3-7H2,1-2H3. The van der Waals surface area contributed by atoms with Gasteiger partial charge in [0, 0.05) is 86.7 Å². The van der Waals surface area contributed by atoms with Crippen molar-refractivity contribution in [2.75, 3.05) is 189 Å². The largest absolute Gasteiger partial charge is 0.471 e. The first-order valence-corrected chi connectivity index (χ1v) is 37.5. The van der Waals surface area contributed by atoms with E-state index in [0.29, 0.717) is 5.91 Å². The van der Waals surface area contributed by atoms with E-state index in [1.807, 2.05) is 42.8 Å². The van der Waals surface area contributed by atoms with Crippen molar-refractivity contribution in [2.45, 2.75) is 224 Å². The number of piperidine rings is 7. The lowest BCUT2D eigenvalue weighted by molar-refractivity contribution is -0.137. The van der Waals surface area contributed by atoms with E-state index in [1.54, 1.807) is 0 Å². The zero-order valence-corrected chi connectivity index (χ0v) is 61.8. The number of rotatable bonds is 0. The molecule has 11 aliphatic heterocycles. The normalized spacial score (nSPS) is 30.0. The average Bonchev–Trinajstić information content (AvgIpc) is 1.84. The molecule has 0 N–H and O–H groups in total. The van der Waals surface area contributed by atoms with E-state index in [-0.39, 0.29) is 28.2 Å². The van der Waals surface area contributed by atoms with Gasteiger partial charge in [-0.2, -0.15) is 0 Å². The zero-order chi connectivity index (χ0) is 65.8. The highest BCUT2D eigenvalue weighted by Gasteiger charge is 2.49. The summed E-state index contributed by atoms with van der Waals surface area (Å²) in [5.41, 5.74) is 3.80. The fourth-order valence-electron chi connectivity index (χ4n) is 18.2. The van der Waals surface area contributed by atoms with Crippen molar-refractivity contribution in [3.05, 3.63) is 12.5 Å². The molecule has 11 heterocycles. The number of carbonyl (C=O) groups excluding carboxylic acids is 2. The highest BCUT2D eigenvalue weighted by atomic mass is 16.7. The van der Waals surface area contributed by atoms with Crippen LogP contribution in [-0.4, -0.2) is 277 Å². The van der Waals surface area contributed by atoms with Crippen LogP contribution in [0.15, 0.2) is 17.6 Å². The molecule has 10 saturated heterocycles. The molecular formula is C75H140N12O4. The van der Waals surface area contributed by atoms with E-state index >= 15 is 0 Å². The van der Waals surface area contributed by atoms with Crippen LogP contribution in [0.3, 0.4) is 0 Å². The second-order valence-corrected chi connectivity index (χ2v) is 34.2. The molecule has 0 aromatic carbocycles. The molecule has 16 heteroatoms. The Morgan fingerprint density at radius 3 is 1.02 bits per heavy atom. The van der Waals surface area contributed by atoms with Crippen LogP contribution < -0.4 is 0 Å². The van der Waals surface area contributed by atoms with Gasteiger partial charge >= 0.3 is 6.03 Å². The smallest absolute Gasteiger partial charge is 0.320 e. The molecule has 14 aliphatic rings. The number of amides is 3. The second kappa shape index (κ2) is 32.5. The number of hydrogen-bond acceptors (Lipinski definition) is 13. The summed E-state index contributed by atoms with van der Waals surface area (Å²) in [6.07, 6.45) is 37.4. The van der Waals surface area contributed by atoms with Gasteiger partial charge in [0.1, 0.15) is 11.2 Å². The van der Waals surface area contributed by atoms with Gasteiger partial charge in [-0.05, 0) is 297 Å². The topological polar surface area (TPSA) is 101 Å². The van der Waals surface area contributed by atoms with E-state index in [9.17, 15) is 9.59 Å². The molecule has 524 valence electrons. The minimum absolute atomic E-state index is 0.0290. The Morgan fingerprint density at radius 2 is 0.714 bits per heavy atom. The van der Waals surface area contributed by atoms with Gasteiger partial charge in [0.15, 0.2) is 5.88 Å². The van der Waals surface area contributed by atoms with Gasteiger partial charge in [-0.1, -0.05) is 51.6 Å². The number of urea groups is 1. The van der Waals surface area contributed by atoms with Crippen LogP contribution in [0.5, 0.6) is 0 Å². The highest BCUT2D eigenvalue weighted by Crippen LogP contribution is 2.48. The SMILES string of the molecule is C=C1OC2(CCC(C)CC2)CN1C.CC1=NOC2(CCN(C)CC2)C1.CC1CCC2(CC1)CCN(C)CC2.CC1CCC2(CC1)CCN(C)CC2.CN1CCC2(CC1)CCN(C)C2=O.CN1CCC2(CC1)CCN(C)CC2.CN1CCC2(CC1)CN(C)C(=O)N2C. The van der Waals surface area contributed by atoms with Gasteiger partial charge in [-0.15, -0.1) is 0 Å². The fraction of sp³-hybridized carbons (Fsp3) is 0.933. The van der Waals surface area contributed by atoms with E-state index in [0.717, 1.165) is 156 Å². The molecule has 0 atom stereocenters. The minimum atomic E-state index is 0.0290. The molecule has 0 bridgehead atoms. The average molecular weight is 1270 g/mol. The lowest BCUT2D eigenvalue weighted by Gasteiger charge is -2.45. The van der Waals surface area contributed by atoms with Crippen LogP contribution >= 0.6 is 0 Å². The highest BCUT2D eigenvalue weighted by molar-refractivity contribution is 5.85. The number of ether oxygens (including phenoxy) is 1. The van der Waals surface area contributed by atoms with Crippen LogP contribution in [-0.2, 0) is 14.4 Å². The lowest BCUT2D eigenvalue weighted by atomic mass is 9.66. The Balaban J connectivity index is 0.000000137. The van der Waals surface area contributed by atoms with Crippen molar-refractivity contribution in [1.82, 2.24) is 53.9 Å². The molecule has 91 heavy (non-hydrogen) atoms. The van der Waals surface area contributed by atoms with E-state index < -0.39 is 0 Å². The monoisotopic (exact) mass is 1270 g/mol. The molecule has 3 amide bonds. The first-order chi connectivity index (χ1) is 43.1. The third-order valence-corrected chi connectivity index (χ3v) is 26.6. The molecule has 14 rings (SSSR count). The van der Waals surface area contributed by atoms with Crippen LogP contribution in [0.25, 0.3) is 0 Å². The van der Waals surface area contributed by atoms with Gasteiger partial charge < -0.3 is 63.5 Å². The predicted octanol–water partition coefficient (Wildman–Crippen LogP) is 11.9. The molecule has 16 nitrogen and oxygen atoms in total. The Bertz CT molecular complexity index is 2090. The summed E-state index contributed by atoms with van der Waals surface area (Å²) < 4.78 is 5.88. The summed E-state index contributed by atoms with van der Waals surface area (Å²) in [7, 11) is 23.3. The van der Waals surface area contributed by atoms with Crippen LogP contribution in [0.2, 0.25) is 0 Å². The Kier molecular flexibility index (Phi) is 26.5. The fourth-order valence-corrected chi connectivity index (χ4v) is 18.2. The summed E-state index contributed by atoms with van der Waals surface area (Å²) in [6, 6.07) is 0.176. The molecule has 0 radical (unpaired) electrons. The molecule has 3 aliphatic carbocycles. The van der Waals surface area contributed by atoms with Gasteiger partial charge in [-0.3, -0.25) is 4.79 Å². The van der Waals surface area contributed by atoms with Gasteiger partial charge in [0.25, 0.3) is 0 Å². The van der Waals surface area contributed by atoms with Gasteiger partial charge in [0.2, 0.25) is 5.91 Å². The first-order valence-electron chi connectivity index (χ1n) is 37.5. The predicted molar refractivity (Wildman–Crippen MR) is 378 cm³/mol. The van der Waals surface area contributed by atoms with Crippen molar-refractivity contribution in [2.24, 2.45) is 44.6 Å². The number of hydrogen-bond donors (Lipinski definition) is 0. The molecule has 0 aromatic rings.